The van der Waals surface area contributed by atoms with E-state index in [0.717, 1.165) is 11.4 Å². The topological polar surface area (TPSA) is 58.1 Å². The maximum atomic E-state index is 11.7. The van der Waals surface area contributed by atoms with Crippen molar-refractivity contribution in [3.8, 4) is 0 Å². The zero-order valence-electron chi connectivity index (χ0n) is 12.0. The van der Waals surface area contributed by atoms with Crippen molar-refractivity contribution in [3.63, 3.8) is 0 Å². The first-order valence-corrected chi connectivity index (χ1v) is 7.05. The van der Waals surface area contributed by atoms with Gasteiger partial charge in [0.15, 0.2) is 0 Å². The number of nitrogens with zero attached hydrogens (tertiary/aromatic N) is 3. The first kappa shape index (κ1) is 13.7. The van der Waals surface area contributed by atoms with Gasteiger partial charge in [0.2, 0.25) is 5.91 Å². The zero-order chi connectivity index (χ0) is 14.7. The number of benzene rings is 1. The Hall–Kier alpha value is -2.27. The predicted octanol–water partition coefficient (Wildman–Crippen LogP) is 1.46. The van der Waals surface area contributed by atoms with Crippen LogP contribution in [0, 0.1) is 6.92 Å². The average molecular weight is 282 g/mol. The molecule has 1 N–H and O–H groups in total. The summed E-state index contributed by atoms with van der Waals surface area (Å²) in [6.07, 6.45) is 3.54. The van der Waals surface area contributed by atoms with Crippen molar-refractivity contribution in [1.29, 1.82) is 0 Å². The van der Waals surface area contributed by atoms with Gasteiger partial charge in [-0.15, -0.1) is 0 Å². The van der Waals surface area contributed by atoms with Gasteiger partial charge >= 0.3 is 0 Å². The number of carbonyl (C=O) groups excluding carboxylic acids is 1. The number of nitrogens with one attached hydrogen (secondary N) is 1. The minimum atomic E-state index is 0.0576. The molecule has 1 saturated heterocycles. The van der Waals surface area contributed by atoms with Crippen LogP contribution >= 0.6 is 0 Å². The Balaban J connectivity index is 1.81. The zero-order valence-corrected chi connectivity index (χ0v) is 12.0. The van der Waals surface area contributed by atoms with Crippen molar-refractivity contribution in [2.75, 3.05) is 13.1 Å². The van der Waals surface area contributed by atoms with Crippen LogP contribution in [0.2, 0.25) is 0 Å². The van der Waals surface area contributed by atoms with E-state index in [1.165, 1.54) is 5.56 Å². The van der Waals surface area contributed by atoms with Crippen LogP contribution in [0.3, 0.4) is 0 Å². The van der Waals surface area contributed by atoms with Crippen LogP contribution in [0.4, 0.5) is 0 Å². The standard InChI is InChI=1S/C16H18N4O/c1-12-7-18-14(8-17-12)10-20-11-16(21)19-9-15(20)13-5-3-2-4-6-13/h2-8,15H,9-11H2,1H3,(H,19,21)/t15-/m0/s1. The summed E-state index contributed by atoms with van der Waals surface area (Å²) in [6.45, 7) is 3.55. The molecular formula is C16H18N4O. The predicted molar refractivity (Wildman–Crippen MR) is 79.4 cm³/mol. The Kier molecular flexibility index (Phi) is 3.92. The summed E-state index contributed by atoms with van der Waals surface area (Å²) in [6, 6.07) is 10.4. The number of hydrogen-bond donors (Lipinski definition) is 1. The first-order chi connectivity index (χ1) is 10.2. The second kappa shape index (κ2) is 6.01. The number of carbonyl (C=O) groups is 1. The SMILES string of the molecule is Cc1cnc(CN2CC(=O)NC[C@H]2c2ccccc2)cn1. The Morgan fingerprint density at radius 3 is 2.76 bits per heavy atom. The van der Waals surface area contributed by atoms with E-state index in [0.29, 0.717) is 19.6 Å². The Morgan fingerprint density at radius 2 is 2.05 bits per heavy atom. The number of rotatable bonds is 3. The van der Waals surface area contributed by atoms with E-state index < -0.39 is 0 Å². The van der Waals surface area contributed by atoms with Crippen LogP contribution in [-0.4, -0.2) is 33.9 Å². The molecule has 0 bridgehead atoms. The fourth-order valence-electron chi connectivity index (χ4n) is 2.57. The molecule has 0 spiro atoms. The summed E-state index contributed by atoms with van der Waals surface area (Å²) < 4.78 is 0. The second-order valence-corrected chi connectivity index (χ2v) is 5.28. The molecule has 1 amide bonds. The minimum Gasteiger partial charge on any atom is -0.353 e. The summed E-state index contributed by atoms with van der Waals surface area (Å²) in [5.74, 6) is 0.0576. The summed E-state index contributed by atoms with van der Waals surface area (Å²) in [4.78, 5) is 22.5. The fraction of sp³-hybridized carbons (Fsp3) is 0.312. The third kappa shape index (κ3) is 3.25. The molecule has 108 valence electrons. The lowest BCUT2D eigenvalue weighted by Gasteiger charge is -2.35. The lowest BCUT2D eigenvalue weighted by molar-refractivity contribution is -0.125. The maximum absolute atomic E-state index is 11.7. The quantitative estimate of drug-likeness (QED) is 0.926. The monoisotopic (exact) mass is 282 g/mol. The van der Waals surface area contributed by atoms with Crippen LogP contribution in [0.25, 0.3) is 0 Å². The average Bonchev–Trinajstić information content (AvgIpc) is 2.51. The van der Waals surface area contributed by atoms with E-state index in [-0.39, 0.29) is 11.9 Å². The molecule has 0 unspecified atom stereocenters. The van der Waals surface area contributed by atoms with Crippen molar-refractivity contribution < 1.29 is 4.79 Å². The third-order valence-electron chi connectivity index (χ3n) is 3.66. The summed E-state index contributed by atoms with van der Waals surface area (Å²) in [7, 11) is 0. The van der Waals surface area contributed by atoms with Crippen molar-refractivity contribution in [2.45, 2.75) is 19.5 Å². The van der Waals surface area contributed by atoms with Gasteiger partial charge in [-0.05, 0) is 12.5 Å². The van der Waals surface area contributed by atoms with Gasteiger partial charge in [-0.25, -0.2) is 0 Å². The third-order valence-corrected chi connectivity index (χ3v) is 3.66. The van der Waals surface area contributed by atoms with E-state index in [1.807, 2.05) is 25.1 Å². The first-order valence-electron chi connectivity index (χ1n) is 7.05. The number of piperazine rings is 1. The molecule has 21 heavy (non-hydrogen) atoms. The highest BCUT2D eigenvalue weighted by Gasteiger charge is 2.27. The Labute approximate surface area is 124 Å². The van der Waals surface area contributed by atoms with Crippen LogP contribution in [0.15, 0.2) is 42.7 Å². The van der Waals surface area contributed by atoms with Gasteiger partial charge in [0.05, 0.1) is 24.0 Å². The summed E-state index contributed by atoms with van der Waals surface area (Å²) in [5.41, 5.74) is 2.99. The molecule has 0 radical (unpaired) electrons. The van der Waals surface area contributed by atoms with E-state index in [4.69, 9.17) is 0 Å². The molecule has 2 aromatic rings. The largest absolute Gasteiger partial charge is 0.353 e. The number of hydrogen-bond acceptors (Lipinski definition) is 4. The van der Waals surface area contributed by atoms with Crippen LogP contribution in [0.5, 0.6) is 0 Å². The number of amides is 1. The van der Waals surface area contributed by atoms with Crippen LogP contribution < -0.4 is 5.32 Å². The lowest BCUT2D eigenvalue weighted by Crippen LogP contribution is -2.49. The highest BCUT2D eigenvalue weighted by atomic mass is 16.2. The van der Waals surface area contributed by atoms with Gasteiger partial charge < -0.3 is 5.32 Å². The summed E-state index contributed by atoms with van der Waals surface area (Å²) >= 11 is 0. The maximum Gasteiger partial charge on any atom is 0.234 e. The highest BCUT2D eigenvalue weighted by molar-refractivity contribution is 5.79. The molecule has 1 atom stereocenters. The minimum absolute atomic E-state index is 0.0576. The van der Waals surface area contributed by atoms with Gasteiger partial charge in [0.25, 0.3) is 0 Å². The summed E-state index contributed by atoms with van der Waals surface area (Å²) in [5, 5.41) is 2.94. The van der Waals surface area contributed by atoms with Crippen LogP contribution in [0.1, 0.15) is 23.0 Å². The molecule has 5 heteroatoms. The van der Waals surface area contributed by atoms with E-state index >= 15 is 0 Å². The second-order valence-electron chi connectivity index (χ2n) is 5.28. The Bertz CT molecular complexity index is 612. The van der Waals surface area contributed by atoms with Crippen molar-refractivity contribution in [2.24, 2.45) is 0 Å². The van der Waals surface area contributed by atoms with Crippen molar-refractivity contribution in [3.05, 3.63) is 59.7 Å². The Morgan fingerprint density at radius 1 is 1.24 bits per heavy atom. The molecule has 1 aromatic carbocycles. The molecule has 1 aromatic heterocycles. The molecule has 0 aliphatic carbocycles. The smallest absolute Gasteiger partial charge is 0.234 e. The van der Waals surface area contributed by atoms with E-state index in [9.17, 15) is 4.79 Å². The van der Waals surface area contributed by atoms with E-state index in [1.54, 1.807) is 12.4 Å². The number of aryl methyl sites for hydroxylation is 1. The number of aromatic nitrogens is 2. The molecule has 1 aliphatic rings. The van der Waals surface area contributed by atoms with Crippen molar-refractivity contribution >= 4 is 5.91 Å². The van der Waals surface area contributed by atoms with Gasteiger partial charge in [-0.2, -0.15) is 0 Å². The lowest BCUT2D eigenvalue weighted by atomic mass is 10.0. The molecule has 0 saturated carbocycles. The molecule has 2 heterocycles. The molecule has 3 rings (SSSR count). The molecular weight excluding hydrogens is 264 g/mol. The van der Waals surface area contributed by atoms with Gasteiger partial charge in [-0.3, -0.25) is 19.7 Å². The van der Waals surface area contributed by atoms with E-state index in [2.05, 4.69) is 32.3 Å². The van der Waals surface area contributed by atoms with Gasteiger partial charge in [0.1, 0.15) is 0 Å². The van der Waals surface area contributed by atoms with Crippen LogP contribution in [-0.2, 0) is 11.3 Å². The fourth-order valence-corrected chi connectivity index (χ4v) is 2.57. The van der Waals surface area contributed by atoms with Gasteiger partial charge in [-0.1, -0.05) is 30.3 Å². The molecule has 5 nitrogen and oxygen atoms in total. The molecule has 1 aliphatic heterocycles. The van der Waals surface area contributed by atoms with Gasteiger partial charge in [0, 0.05) is 25.5 Å². The van der Waals surface area contributed by atoms with Crippen molar-refractivity contribution in [1.82, 2.24) is 20.2 Å². The normalized spacial score (nSPS) is 19.3. The highest BCUT2D eigenvalue weighted by Crippen LogP contribution is 2.23. The molecule has 1 fully saturated rings.